The predicted molar refractivity (Wildman–Crippen MR) is 82.1 cm³/mol. The van der Waals surface area contributed by atoms with E-state index in [1.807, 2.05) is 6.92 Å². The van der Waals surface area contributed by atoms with Crippen molar-refractivity contribution in [1.82, 2.24) is 15.6 Å². The third-order valence-corrected chi connectivity index (χ3v) is 3.26. The highest BCUT2D eigenvalue weighted by Crippen LogP contribution is 2.20. The second kappa shape index (κ2) is 8.33. The largest absolute Gasteiger partial charge is 0.383 e. The molecular formula is C15H23N3O4. The lowest BCUT2D eigenvalue weighted by molar-refractivity contribution is -0.120. The van der Waals surface area contributed by atoms with E-state index in [4.69, 9.17) is 4.74 Å². The Morgan fingerprint density at radius 2 is 1.91 bits per heavy atom. The minimum Gasteiger partial charge on any atom is -0.383 e. The van der Waals surface area contributed by atoms with Crippen molar-refractivity contribution in [2.24, 2.45) is 0 Å². The highest BCUT2D eigenvalue weighted by molar-refractivity contribution is 6.03. The number of H-pyrrole nitrogens is 1. The molecule has 0 aliphatic heterocycles. The van der Waals surface area contributed by atoms with Crippen LogP contribution in [0.3, 0.4) is 0 Å². The smallest absolute Gasteiger partial charge is 0.268 e. The van der Waals surface area contributed by atoms with E-state index in [2.05, 4.69) is 15.6 Å². The number of aromatic nitrogens is 1. The molecule has 2 amide bonds. The fourth-order valence-electron chi connectivity index (χ4n) is 2.30. The van der Waals surface area contributed by atoms with Gasteiger partial charge in [-0.05, 0) is 25.8 Å². The van der Waals surface area contributed by atoms with E-state index in [9.17, 15) is 14.4 Å². The number of carbonyl (C=O) groups excluding carboxylic acids is 3. The summed E-state index contributed by atoms with van der Waals surface area (Å²) in [6.07, 6.45) is 0.558. The number of ether oxygens (including phenoxy) is 1. The number of hydrogen-bond donors (Lipinski definition) is 3. The number of methoxy groups -OCH3 is 1. The molecule has 0 radical (unpaired) electrons. The van der Waals surface area contributed by atoms with Gasteiger partial charge in [-0.25, -0.2) is 0 Å². The molecule has 0 atom stereocenters. The predicted octanol–water partition coefficient (Wildman–Crippen LogP) is 0.581. The normalized spacial score (nSPS) is 10.4. The maximum absolute atomic E-state index is 12.2. The summed E-state index contributed by atoms with van der Waals surface area (Å²) in [6, 6.07) is 0. The molecule has 0 fully saturated rings. The van der Waals surface area contributed by atoms with Crippen molar-refractivity contribution >= 4 is 17.6 Å². The number of ketones is 1. The topological polar surface area (TPSA) is 100 Å². The molecule has 0 saturated heterocycles. The van der Waals surface area contributed by atoms with Crippen molar-refractivity contribution in [3.63, 3.8) is 0 Å². The Labute approximate surface area is 129 Å². The molecule has 0 aromatic carbocycles. The lowest BCUT2D eigenvalue weighted by Crippen LogP contribution is -2.38. The molecule has 0 unspecified atom stereocenters. The Morgan fingerprint density at radius 1 is 1.23 bits per heavy atom. The summed E-state index contributed by atoms with van der Waals surface area (Å²) in [7, 11) is 1.54. The molecule has 1 aromatic heterocycles. The number of amides is 2. The Balaban J connectivity index is 2.72. The third-order valence-electron chi connectivity index (χ3n) is 3.26. The van der Waals surface area contributed by atoms with Crippen molar-refractivity contribution in [2.75, 3.05) is 26.8 Å². The van der Waals surface area contributed by atoms with Gasteiger partial charge in [-0.3, -0.25) is 14.4 Å². The first kappa shape index (κ1) is 17.9. The van der Waals surface area contributed by atoms with Crippen LogP contribution in [0.2, 0.25) is 0 Å². The van der Waals surface area contributed by atoms with E-state index in [1.54, 1.807) is 14.0 Å². The first-order chi connectivity index (χ1) is 10.4. The fraction of sp³-hybridized carbons (Fsp3) is 0.533. The van der Waals surface area contributed by atoms with E-state index in [-0.39, 0.29) is 18.2 Å². The quantitative estimate of drug-likeness (QED) is 0.483. The summed E-state index contributed by atoms with van der Waals surface area (Å²) in [5.74, 6) is -0.769. The van der Waals surface area contributed by atoms with Gasteiger partial charge in [0.2, 0.25) is 5.91 Å². The molecular weight excluding hydrogens is 286 g/mol. The van der Waals surface area contributed by atoms with Crippen molar-refractivity contribution in [1.29, 1.82) is 0 Å². The number of carbonyl (C=O) groups is 3. The molecule has 1 heterocycles. The Morgan fingerprint density at radius 3 is 2.45 bits per heavy atom. The number of aryl methyl sites for hydroxylation is 1. The number of hydrogen-bond acceptors (Lipinski definition) is 4. The number of Topliss-reactive ketones (excluding diaryl/α,β-unsaturated/α-hetero) is 1. The van der Waals surface area contributed by atoms with E-state index in [0.717, 1.165) is 0 Å². The van der Waals surface area contributed by atoms with Crippen molar-refractivity contribution in [2.45, 2.75) is 27.2 Å². The summed E-state index contributed by atoms with van der Waals surface area (Å²) in [5.41, 5.74) is 2.24. The SMILES string of the molecule is CCc1c(C(=O)NCC(=O)NCCOC)[nH]c(C)c1C(C)=O. The molecule has 122 valence electrons. The zero-order valence-corrected chi connectivity index (χ0v) is 13.5. The van der Waals surface area contributed by atoms with E-state index >= 15 is 0 Å². The minimum absolute atomic E-state index is 0.0815. The maximum Gasteiger partial charge on any atom is 0.268 e. The van der Waals surface area contributed by atoms with Crippen molar-refractivity contribution in [3.8, 4) is 0 Å². The van der Waals surface area contributed by atoms with Crippen LogP contribution in [0, 0.1) is 6.92 Å². The van der Waals surface area contributed by atoms with Crippen LogP contribution < -0.4 is 10.6 Å². The monoisotopic (exact) mass is 309 g/mol. The first-order valence-corrected chi connectivity index (χ1v) is 7.18. The first-order valence-electron chi connectivity index (χ1n) is 7.18. The highest BCUT2D eigenvalue weighted by atomic mass is 16.5. The van der Waals surface area contributed by atoms with Gasteiger partial charge in [0.05, 0.1) is 13.2 Å². The Kier molecular flexibility index (Phi) is 6.78. The van der Waals surface area contributed by atoms with Gasteiger partial charge in [-0.2, -0.15) is 0 Å². The molecule has 0 saturated carbocycles. The molecule has 0 aliphatic rings. The van der Waals surface area contributed by atoms with Gasteiger partial charge in [0.25, 0.3) is 5.91 Å². The van der Waals surface area contributed by atoms with Crippen LogP contribution in [-0.4, -0.2) is 49.4 Å². The van der Waals surface area contributed by atoms with Crippen LogP contribution in [0.1, 0.15) is 46.0 Å². The van der Waals surface area contributed by atoms with Gasteiger partial charge in [0, 0.05) is 24.9 Å². The zero-order chi connectivity index (χ0) is 16.7. The van der Waals surface area contributed by atoms with Crippen LogP contribution in [0.5, 0.6) is 0 Å². The van der Waals surface area contributed by atoms with E-state index < -0.39 is 5.91 Å². The summed E-state index contributed by atoms with van der Waals surface area (Å²) in [6.45, 7) is 5.78. The van der Waals surface area contributed by atoms with Crippen LogP contribution >= 0.6 is 0 Å². The van der Waals surface area contributed by atoms with Crippen LogP contribution in [0.15, 0.2) is 0 Å². The summed E-state index contributed by atoms with van der Waals surface area (Å²) in [4.78, 5) is 38.3. The van der Waals surface area contributed by atoms with Gasteiger partial charge in [-0.1, -0.05) is 6.92 Å². The molecule has 1 aromatic rings. The van der Waals surface area contributed by atoms with Gasteiger partial charge in [-0.15, -0.1) is 0 Å². The summed E-state index contributed by atoms with van der Waals surface area (Å²) >= 11 is 0. The molecule has 7 heteroatoms. The maximum atomic E-state index is 12.2. The molecule has 3 N–H and O–H groups in total. The van der Waals surface area contributed by atoms with Crippen LogP contribution in [0.4, 0.5) is 0 Å². The second-order valence-electron chi connectivity index (χ2n) is 4.91. The molecule has 0 aliphatic carbocycles. The van der Waals surface area contributed by atoms with Crippen LogP contribution in [0.25, 0.3) is 0 Å². The number of aromatic amines is 1. The van der Waals surface area contributed by atoms with Gasteiger partial charge >= 0.3 is 0 Å². The Hall–Kier alpha value is -2.15. The second-order valence-corrected chi connectivity index (χ2v) is 4.91. The van der Waals surface area contributed by atoms with E-state index in [0.29, 0.717) is 42.1 Å². The summed E-state index contributed by atoms with van der Waals surface area (Å²) in [5, 5.41) is 5.16. The van der Waals surface area contributed by atoms with Gasteiger partial charge in [0.1, 0.15) is 5.69 Å². The van der Waals surface area contributed by atoms with Gasteiger partial charge in [0.15, 0.2) is 5.78 Å². The number of rotatable bonds is 8. The molecule has 22 heavy (non-hydrogen) atoms. The van der Waals surface area contributed by atoms with Crippen molar-refractivity contribution < 1.29 is 19.1 Å². The number of nitrogens with one attached hydrogen (secondary N) is 3. The molecule has 0 spiro atoms. The molecule has 7 nitrogen and oxygen atoms in total. The average molecular weight is 309 g/mol. The van der Waals surface area contributed by atoms with Gasteiger partial charge < -0.3 is 20.4 Å². The average Bonchev–Trinajstić information content (AvgIpc) is 2.81. The lowest BCUT2D eigenvalue weighted by atomic mass is 10.0. The molecule has 1 rings (SSSR count). The summed E-state index contributed by atoms with van der Waals surface area (Å²) < 4.78 is 4.82. The van der Waals surface area contributed by atoms with E-state index in [1.165, 1.54) is 6.92 Å². The molecule has 0 bridgehead atoms. The Bertz CT molecular complexity index is 563. The fourth-order valence-corrected chi connectivity index (χ4v) is 2.30. The minimum atomic E-state index is -0.394. The zero-order valence-electron chi connectivity index (χ0n) is 13.5. The third kappa shape index (κ3) is 4.42. The highest BCUT2D eigenvalue weighted by Gasteiger charge is 2.21. The lowest BCUT2D eigenvalue weighted by Gasteiger charge is -2.07. The standard InChI is InChI=1S/C15H23N3O4/c1-5-11-13(10(3)19)9(2)18-14(11)15(21)17-8-12(20)16-6-7-22-4/h18H,5-8H2,1-4H3,(H,16,20)(H,17,21). The van der Waals surface area contributed by atoms with Crippen molar-refractivity contribution in [3.05, 3.63) is 22.5 Å². The van der Waals surface area contributed by atoms with Crippen LogP contribution in [-0.2, 0) is 16.0 Å².